The molecule has 0 aliphatic rings. The van der Waals surface area contributed by atoms with Gasteiger partial charge in [-0.2, -0.15) is 13.2 Å². The average molecular weight is 338 g/mol. The number of nitrogens with two attached hydrogens (primary N) is 1. The van der Waals surface area contributed by atoms with E-state index in [9.17, 15) is 18.0 Å². The van der Waals surface area contributed by atoms with E-state index in [2.05, 4.69) is 5.48 Å². The van der Waals surface area contributed by atoms with Gasteiger partial charge in [-0.15, -0.1) is 0 Å². The van der Waals surface area contributed by atoms with Gasteiger partial charge in [-0.3, -0.25) is 9.63 Å². The van der Waals surface area contributed by atoms with Crippen LogP contribution in [0.25, 0.3) is 0 Å². The van der Waals surface area contributed by atoms with Crippen molar-refractivity contribution in [3.8, 4) is 0 Å². The highest BCUT2D eigenvalue weighted by Crippen LogP contribution is 2.29. The maximum atomic E-state index is 12.5. The van der Waals surface area contributed by atoms with E-state index in [0.717, 1.165) is 17.7 Å². The first-order valence-electron chi connectivity index (χ1n) is 7.23. The van der Waals surface area contributed by atoms with Crippen LogP contribution in [0.15, 0.2) is 54.6 Å². The van der Waals surface area contributed by atoms with Gasteiger partial charge in [0.15, 0.2) is 0 Å². The summed E-state index contributed by atoms with van der Waals surface area (Å²) in [7, 11) is 0. The highest BCUT2D eigenvalue weighted by Gasteiger charge is 2.30. The maximum absolute atomic E-state index is 12.5. The third-order valence-electron chi connectivity index (χ3n) is 3.33. The Bertz CT molecular complexity index is 658. The molecule has 0 aromatic heterocycles. The lowest BCUT2D eigenvalue weighted by Crippen LogP contribution is -2.41. The van der Waals surface area contributed by atoms with Gasteiger partial charge in [-0.05, 0) is 29.7 Å². The molecule has 2 aromatic carbocycles. The number of alkyl halides is 3. The lowest BCUT2D eigenvalue weighted by Gasteiger charge is -2.13. The second kappa shape index (κ2) is 7.94. The van der Waals surface area contributed by atoms with Gasteiger partial charge in [0.1, 0.15) is 0 Å². The zero-order valence-electron chi connectivity index (χ0n) is 12.7. The summed E-state index contributed by atoms with van der Waals surface area (Å²) in [6.07, 6.45) is -4.28. The summed E-state index contributed by atoms with van der Waals surface area (Å²) in [5.74, 6) is -0.536. The highest BCUT2D eigenvalue weighted by atomic mass is 19.4. The van der Waals surface area contributed by atoms with Crippen molar-refractivity contribution >= 4 is 5.91 Å². The molecule has 3 N–H and O–H groups in total. The van der Waals surface area contributed by atoms with E-state index in [0.29, 0.717) is 5.56 Å². The van der Waals surface area contributed by atoms with Crippen LogP contribution >= 0.6 is 0 Å². The van der Waals surface area contributed by atoms with Crippen molar-refractivity contribution in [3.63, 3.8) is 0 Å². The molecule has 0 saturated heterocycles. The lowest BCUT2D eigenvalue weighted by molar-refractivity contribution is -0.138. The predicted octanol–water partition coefficient (Wildman–Crippen LogP) is 2.82. The van der Waals surface area contributed by atoms with Gasteiger partial charge in [0, 0.05) is 0 Å². The molecule has 1 atom stereocenters. The number of carbonyl (C=O) groups excluding carboxylic acids is 1. The molecule has 2 rings (SSSR count). The molecular formula is C17H17F3N2O2. The minimum absolute atomic E-state index is 0.110. The van der Waals surface area contributed by atoms with E-state index in [4.69, 9.17) is 10.6 Å². The van der Waals surface area contributed by atoms with Crippen molar-refractivity contribution < 1.29 is 22.8 Å². The molecule has 0 fully saturated rings. The summed E-state index contributed by atoms with van der Waals surface area (Å²) >= 11 is 0. The smallest absolute Gasteiger partial charge is 0.320 e. The van der Waals surface area contributed by atoms with E-state index >= 15 is 0 Å². The lowest BCUT2D eigenvalue weighted by atomic mass is 10.0. The number of hydroxylamine groups is 1. The standard InChI is InChI=1S/C17H17F3N2O2/c18-17(19,20)14-8-6-12(7-9-14)10-15(21)16(23)22-24-11-13-4-2-1-3-5-13/h1-9,15H,10-11,21H2,(H,22,23). The summed E-state index contributed by atoms with van der Waals surface area (Å²) in [6.45, 7) is 0.194. The van der Waals surface area contributed by atoms with Crippen molar-refractivity contribution in [2.24, 2.45) is 5.73 Å². The number of benzene rings is 2. The van der Waals surface area contributed by atoms with Crippen LogP contribution in [0.5, 0.6) is 0 Å². The van der Waals surface area contributed by atoms with E-state index in [1.165, 1.54) is 12.1 Å². The summed E-state index contributed by atoms with van der Waals surface area (Å²) in [4.78, 5) is 16.9. The minimum Gasteiger partial charge on any atom is -0.320 e. The SMILES string of the molecule is NC(Cc1ccc(C(F)(F)F)cc1)C(=O)NOCc1ccccc1. The number of hydrogen-bond acceptors (Lipinski definition) is 3. The van der Waals surface area contributed by atoms with Gasteiger partial charge in [0.05, 0.1) is 18.2 Å². The molecular weight excluding hydrogens is 321 g/mol. The molecule has 0 heterocycles. The Morgan fingerprint density at radius 1 is 1.04 bits per heavy atom. The summed E-state index contributed by atoms with van der Waals surface area (Å²) in [6, 6.07) is 12.9. The first-order chi connectivity index (χ1) is 11.4. The molecule has 0 aliphatic heterocycles. The second-order valence-electron chi connectivity index (χ2n) is 5.25. The Labute approximate surface area is 137 Å². The summed E-state index contributed by atoms with van der Waals surface area (Å²) in [5.41, 5.74) is 8.66. The molecule has 0 radical (unpaired) electrons. The number of hydrogen-bond donors (Lipinski definition) is 2. The monoisotopic (exact) mass is 338 g/mol. The van der Waals surface area contributed by atoms with Crippen LogP contribution in [0, 0.1) is 0 Å². The number of halogens is 3. The van der Waals surface area contributed by atoms with Crippen molar-refractivity contribution in [2.45, 2.75) is 25.2 Å². The van der Waals surface area contributed by atoms with Crippen molar-refractivity contribution in [1.82, 2.24) is 5.48 Å². The fourth-order valence-corrected chi connectivity index (χ4v) is 2.02. The quantitative estimate of drug-likeness (QED) is 0.796. The van der Waals surface area contributed by atoms with Gasteiger partial charge in [-0.1, -0.05) is 42.5 Å². The van der Waals surface area contributed by atoms with E-state index in [1.54, 1.807) is 0 Å². The molecule has 4 nitrogen and oxygen atoms in total. The predicted molar refractivity (Wildman–Crippen MR) is 82.5 cm³/mol. The highest BCUT2D eigenvalue weighted by molar-refractivity contribution is 5.80. The fourth-order valence-electron chi connectivity index (χ4n) is 2.02. The molecule has 0 bridgehead atoms. The topological polar surface area (TPSA) is 64.4 Å². The zero-order chi connectivity index (χ0) is 17.6. The Hall–Kier alpha value is -2.38. The largest absolute Gasteiger partial charge is 0.416 e. The van der Waals surface area contributed by atoms with Crippen LogP contribution in [0.4, 0.5) is 13.2 Å². The van der Waals surface area contributed by atoms with E-state index in [1.807, 2.05) is 30.3 Å². The Balaban J connectivity index is 1.81. The molecule has 128 valence electrons. The summed E-state index contributed by atoms with van der Waals surface area (Å²) in [5, 5.41) is 0. The molecule has 1 amide bonds. The van der Waals surface area contributed by atoms with Crippen LogP contribution in [0.3, 0.4) is 0 Å². The molecule has 0 saturated carbocycles. The van der Waals surface area contributed by atoms with Gasteiger partial charge in [0.2, 0.25) is 0 Å². The summed E-state index contributed by atoms with van der Waals surface area (Å²) < 4.78 is 37.5. The molecule has 0 spiro atoms. The number of amides is 1. The van der Waals surface area contributed by atoms with E-state index in [-0.39, 0.29) is 13.0 Å². The Morgan fingerprint density at radius 2 is 1.67 bits per heavy atom. The molecule has 1 unspecified atom stereocenters. The first kappa shape index (κ1) is 18.0. The van der Waals surface area contributed by atoms with Gasteiger partial charge in [-0.25, -0.2) is 5.48 Å². The maximum Gasteiger partial charge on any atom is 0.416 e. The van der Waals surface area contributed by atoms with Gasteiger partial charge < -0.3 is 5.73 Å². The van der Waals surface area contributed by atoms with Crippen molar-refractivity contribution in [2.75, 3.05) is 0 Å². The van der Waals surface area contributed by atoms with Crippen LogP contribution in [0.2, 0.25) is 0 Å². The minimum atomic E-state index is -4.39. The van der Waals surface area contributed by atoms with Gasteiger partial charge in [0.25, 0.3) is 5.91 Å². The molecule has 2 aromatic rings. The third-order valence-corrected chi connectivity index (χ3v) is 3.33. The molecule has 24 heavy (non-hydrogen) atoms. The molecule has 7 heteroatoms. The number of nitrogens with one attached hydrogen (secondary N) is 1. The second-order valence-corrected chi connectivity index (χ2v) is 5.25. The van der Waals surface area contributed by atoms with Crippen molar-refractivity contribution in [1.29, 1.82) is 0 Å². The Morgan fingerprint density at radius 3 is 2.25 bits per heavy atom. The third kappa shape index (κ3) is 5.36. The molecule has 0 aliphatic carbocycles. The first-order valence-corrected chi connectivity index (χ1v) is 7.23. The van der Waals surface area contributed by atoms with Crippen LogP contribution < -0.4 is 11.2 Å². The van der Waals surface area contributed by atoms with E-state index < -0.39 is 23.7 Å². The fraction of sp³-hybridized carbons (Fsp3) is 0.235. The van der Waals surface area contributed by atoms with Crippen LogP contribution in [-0.4, -0.2) is 11.9 Å². The van der Waals surface area contributed by atoms with Gasteiger partial charge >= 0.3 is 6.18 Å². The zero-order valence-corrected chi connectivity index (χ0v) is 12.7. The van der Waals surface area contributed by atoms with Crippen LogP contribution in [-0.2, 0) is 28.8 Å². The normalized spacial score (nSPS) is 12.7. The Kier molecular flexibility index (Phi) is 5.94. The number of carbonyl (C=O) groups is 1. The average Bonchev–Trinajstić information content (AvgIpc) is 2.55. The van der Waals surface area contributed by atoms with Crippen LogP contribution in [0.1, 0.15) is 16.7 Å². The van der Waals surface area contributed by atoms with Crippen molar-refractivity contribution in [3.05, 3.63) is 71.3 Å². The number of rotatable bonds is 6.